The summed E-state index contributed by atoms with van der Waals surface area (Å²) in [6, 6.07) is 27.7. The Bertz CT molecular complexity index is 1230. The zero-order chi connectivity index (χ0) is 20.9. The highest BCUT2D eigenvalue weighted by Crippen LogP contribution is 2.20. The van der Waals surface area contributed by atoms with Gasteiger partial charge in [-0.2, -0.15) is 0 Å². The Hall–Kier alpha value is -3.63. The van der Waals surface area contributed by atoms with Gasteiger partial charge in [-0.25, -0.2) is 0 Å². The molecule has 4 aromatic carbocycles. The van der Waals surface area contributed by atoms with Crippen molar-refractivity contribution in [3.05, 3.63) is 113 Å². The fraction of sp³-hybridized carbons (Fsp3) is 0.0400. The van der Waals surface area contributed by atoms with E-state index < -0.39 is 0 Å². The molecule has 0 spiro atoms. The highest BCUT2D eigenvalue weighted by molar-refractivity contribution is 6.34. The maximum atomic E-state index is 12.7. The lowest BCUT2D eigenvalue weighted by molar-refractivity contribution is 0.0949. The fourth-order valence-electron chi connectivity index (χ4n) is 3.31. The molecule has 0 aliphatic heterocycles. The Labute approximate surface area is 179 Å². The lowest BCUT2D eigenvalue weighted by Crippen LogP contribution is -2.23. The summed E-state index contributed by atoms with van der Waals surface area (Å²) in [6.07, 6.45) is 0. The number of hydrogen-bond acceptors (Lipinski definition) is 2. The van der Waals surface area contributed by atoms with Crippen LogP contribution in [0.4, 0.5) is 5.69 Å². The average molecular weight is 415 g/mol. The Morgan fingerprint density at radius 2 is 1.50 bits per heavy atom. The molecule has 4 rings (SSSR count). The Morgan fingerprint density at radius 1 is 0.767 bits per heavy atom. The summed E-state index contributed by atoms with van der Waals surface area (Å²) >= 11 is 6.08. The van der Waals surface area contributed by atoms with Crippen LogP contribution in [-0.2, 0) is 6.54 Å². The van der Waals surface area contributed by atoms with E-state index in [4.69, 9.17) is 11.6 Å². The predicted octanol–water partition coefficient (Wildman–Crippen LogP) is 5.68. The van der Waals surface area contributed by atoms with Crippen molar-refractivity contribution < 1.29 is 9.59 Å². The second-order valence-electron chi connectivity index (χ2n) is 6.84. The van der Waals surface area contributed by atoms with E-state index in [1.54, 1.807) is 48.5 Å². The zero-order valence-electron chi connectivity index (χ0n) is 16.1. The molecule has 0 saturated heterocycles. The normalized spacial score (nSPS) is 10.6. The van der Waals surface area contributed by atoms with E-state index in [9.17, 15) is 9.59 Å². The first-order chi connectivity index (χ1) is 14.6. The topological polar surface area (TPSA) is 58.2 Å². The van der Waals surface area contributed by atoms with Gasteiger partial charge in [0.25, 0.3) is 11.8 Å². The van der Waals surface area contributed by atoms with Gasteiger partial charge >= 0.3 is 0 Å². The standard InChI is InChI=1S/C25H19ClN2O2/c26-23-14-4-3-13-22(23)25(30)28-20-11-6-9-18(15-20)24(29)27-16-19-10-5-8-17-7-1-2-12-21(17)19/h1-15H,16H2,(H,27,29)(H,28,30). The molecule has 148 valence electrons. The first-order valence-corrected chi connectivity index (χ1v) is 9.90. The number of rotatable bonds is 5. The fourth-order valence-corrected chi connectivity index (χ4v) is 3.53. The van der Waals surface area contributed by atoms with Crippen molar-refractivity contribution in [2.75, 3.05) is 5.32 Å². The summed E-state index contributed by atoms with van der Waals surface area (Å²) < 4.78 is 0. The van der Waals surface area contributed by atoms with Gasteiger partial charge in [-0.15, -0.1) is 0 Å². The molecule has 2 N–H and O–H groups in total. The monoisotopic (exact) mass is 414 g/mol. The van der Waals surface area contributed by atoms with Crippen LogP contribution >= 0.6 is 11.6 Å². The largest absolute Gasteiger partial charge is 0.348 e. The molecule has 0 saturated carbocycles. The summed E-state index contributed by atoms with van der Waals surface area (Å²) in [4.78, 5) is 25.1. The van der Waals surface area contributed by atoms with E-state index in [0.717, 1.165) is 16.3 Å². The van der Waals surface area contributed by atoms with Crippen molar-refractivity contribution in [1.29, 1.82) is 0 Å². The summed E-state index contributed by atoms with van der Waals surface area (Å²) in [7, 11) is 0. The molecular weight excluding hydrogens is 396 g/mol. The number of hydrogen-bond donors (Lipinski definition) is 2. The number of halogens is 1. The van der Waals surface area contributed by atoms with Crippen LogP contribution in [0.25, 0.3) is 10.8 Å². The molecule has 0 radical (unpaired) electrons. The lowest BCUT2D eigenvalue weighted by Gasteiger charge is -2.10. The van der Waals surface area contributed by atoms with Crippen LogP contribution < -0.4 is 10.6 Å². The van der Waals surface area contributed by atoms with Gasteiger partial charge in [0.15, 0.2) is 0 Å². The molecule has 0 fully saturated rings. The van der Waals surface area contributed by atoms with E-state index in [0.29, 0.717) is 28.4 Å². The SMILES string of the molecule is O=C(NCc1cccc2ccccc12)c1cccc(NC(=O)c2ccccc2Cl)c1. The Morgan fingerprint density at radius 3 is 2.37 bits per heavy atom. The molecular formula is C25H19ClN2O2. The van der Waals surface area contributed by atoms with Crippen molar-refractivity contribution in [1.82, 2.24) is 5.32 Å². The first-order valence-electron chi connectivity index (χ1n) is 9.52. The number of carbonyl (C=O) groups excluding carboxylic acids is 2. The van der Waals surface area contributed by atoms with Gasteiger partial charge < -0.3 is 10.6 Å². The zero-order valence-corrected chi connectivity index (χ0v) is 16.8. The van der Waals surface area contributed by atoms with Crippen molar-refractivity contribution in [2.24, 2.45) is 0 Å². The Balaban J connectivity index is 1.46. The third kappa shape index (κ3) is 4.34. The predicted molar refractivity (Wildman–Crippen MR) is 121 cm³/mol. The molecule has 0 aliphatic rings. The number of anilines is 1. The maximum Gasteiger partial charge on any atom is 0.257 e. The highest BCUT2D eigenvalue weighted by atomic mass is 35.5. The summed E-state index contributed by atoms with van der Waals surface area (Å²) in [5.41, 5.74) is 2.42. The van der Waals surface area contributed by atoms with Gasteiger partial charge in [0.05, 0.1) is 10.6 Å². The molecule has 30 heavy (non-hydrogen) atoms. The van der Waals surface area contributed by atoms with Crippen molar-refractivity contribution in [3.63, 3.8) is 0 Å². The minimum atomic E-state index is -0.325. The molecule has 0 aromatic heterocycles. The molecule has 0 unspecified atom stereocenters. The van der Waals surface area contributed by atoms with Gasteiger partial charge in [0, 0.05) is 17.8 Å². The molecule has 5 heteroatoms. The van der Waals surface area contributed by atoms with Crippen molar-refractivity contribution in [2.45, 2.75) is 6.54 Å². The number of benzene rings is 4. The number of carbonyl (C=O) groups is 2. The number of amides is 2. The van der Waals surface area contributed by atoms with E-state index in [1.165, 1.54) is 0 Å². The van der Waals surface area contributed by atoms with E-state index >= 15 is 0 Å². The summed E-state index contributed by atoms with van der Waals surface area (Å²) in [5, 5.41) is 8.36. The third-order valence-electron chi connectivity index (χ3n) is 4.82. The minimum absolute atomic E-state index is 0.211. The van der Waals surface area contributed by atoms with Crippen LogP contribution in [0.2, 0.25) is 5.02 Å². The van der Waals surface area contributed by atoms with E-state index in [-0.39, 0.29) is 11.8 Å². The highest BCUT2D eigenvalue weighted by Gasteiger charge is 2.12. The van der Waals surface area contributed by atoms with Gasteiger partial charge in [-0.3, -0.25) is 9.59 Å². The molecule has 0 aliphatic carbocycles. The molecule has 0 heterocycles. The maximum absolute atomic E-state index is 12.7. The van der Waals surface area contributed by atoms with Crippen LogP contribution in [0.3, 0.4) is 0 Å². The first kappa shape index (κ1) is 19.7. The average Bonchev–Trinajstić information content (AvgIpc) is 2.78. The molecule has 2 amide bonds. The van der Waals surface area contributed by atoms with E-state index in [2.05, 4.69) is 10.6 Å². The van der Waals surface area contributed by atoms with Crippen LogP contribution in [0.1, 0.15) is 26.3 Å². The van der Waals surface area contributed by atoms with Crippen LogP contribution in [0.5, 0.6) is 0 Å². The van der Waals surface area contributed by atoms with Gasteiger partial charge in [0.2, 0.25) is 0 Å². The third-order valence-corrected chi connectivity index (χ3v) is 5.15. The second kappa shape index (κ2) is 8.80. The van der Waals surface area contributed by atoms with Gasteiger partial charge in [-0.05, 0) is 46.7 Å². The quantitative estimate of drug-likeness (QED) is 0.441. The lowest BCUT2D eigenvalue weighted by atomic mass is 10.0. The molecule has 0 atom stereocenters. The Kier molecular flexibility index (Phi) is 5.77. The van der Waals surface area contributed by atoms with Crippen LogP contribution in [0, 0.1) is 0 Å². The molecule has 0 bridgehead atoms. The van der Waals surface area contributed by atoms with Gasteiger partial charge in [-0.1, -0.05) is 72.3 Å². The second-order valence-corrected chi connectivity index (χ2v) is 7.24. The minimum Gasteiger partial charge on any atom is -0.348 e. The van der Waals surface area contributed by atoms with Gasteiger partial charge in [0.1, 0.15) is 0 Å². The molecule has 4 aromatic rings. The van der Waals surface area contributed by atoms with Crippen molar-refractivity contribution >= 4 is 39.9 Å². The van der Waals surface area contributed by atoms with Crippen LogP contribution in [-0.4, -0.2) is 11.8 Å². The smallest absolute Gasteiger partial charge is 0.257 e. The molecule has 4 nitrogen and oxygen atoms in total. The summed E-state index contributed by atoms with van der Waals surface area (Å²) in [6.45, 7) is 0.413. The number of fused-ring (bicyclic) bond motifs is 1. The van der Waals surface area contributed by atoms with E-state index in [1.807, 2.05) is 42.5 Å². The van der Waals surface area contributed by atoms with Crippen LogP contribution in [0.15, 0.2) is 91.0 Å². The summed E-state index contributed by atoms with van der Waals surface area (Å²) in [5.74, 6) is -0.536. The van der Waals surface area contributed by atoms with Crippen molar-refractivity contribution in [3.8, 4) is 0 Å². The number of nitrogens with one attached hydrogen (secondary N) is 2.